The Labute approximate surface area is 133 Å². The lowest BCUT2D eigenvalue weighted by atomic mass is 10.1. The standard InChI is InChI=1S/C16H27N3OS/c1-6-19(12(2)10-18(3)4)11-13-7-8-15(20-5)14(9-13)16(17)21/h7-9,12H,6,10-11H2,1-5H3,(H2,17,21). The Morgan fingerprint density at radius 3 is 2.52 bits per heavy atom. The Kier molecular flexibility index (Phi) is 7.08. The van der Waals surface area contributed by atoms with Gasteiger partial charge in [-0.15, -0.1) is 0 Å². The number of hydrogen-bond donors (Lipinski definition) is 1. The number of benzene rings is 1. The number of ether oxygens (including phenoxy) is 1. The molecule has 118 valence electrons. The fourth-order valence-electron chi connectivity index (χ4n) is 2.50. The lowest BCUT2D eigenvalue weighted by molar-refractivity contribution is 0.174. The Hall–Kier alpha value is -1.17. The number of nitrogens with zero attached hydrogens (tertiary/aromatic N) is 2. The zero-order valence-corrected chi connectivity index (χ0v) is 14.5. The molecular formula is C16H27N3OS. The molecule has 1 aromatic carbocycles. The SMILES string of the molecule is CCN(Cc1ccc(OC)c(C(N)=S)c1)C(C)CN(C)C. The molecule has 1 unspecified atom stereocenters. The summed E-state index contributed by atoms with van der Waals surface area (Å²) < 4.78 is 5.31. The van der Waals surface area contributed by atoms with Crippen LogP contribution in [0, 0.1) is 0 Å². The van der Waals surface area contributed by atoms with E-state index in [0.29, 0.717) is 11.0 Å². The van der Waals surface area contributed by atoms with Gasteiger partial charge in [-0.25, -0.2) is 0 Å². The van der Waals surface area contributed by atoms with E-state index < -0.39 is 0 Å². The monoisotopic (exact) mass is 309 g/mol. The number of rotatable bonds is 8. The molecule has 0 aliphatic heterocycles. The predicted molar refractivity (Wildman–Crippen MR) is 93.0 cm³/mol. The Morgan fingerprint density at radius 2 is 2.05 bits per heavy atom. The molecule has 0 saturated heterocycles. The summed E-state index contributed by atoms with van der Waals surface area (Å²) in [6.07, 6.45) is 0. The average Bonchev–Trinajstić information content (AvgIpc) is 2.43. The molecule has 21 heavy (non-hydrogen) atoms. The van der Waals surface area contributed by atoms with Gasteiger partial charge in [-0.3, -0.25) is 4.90 Å². The summed E-state index contributed by atoms with van der Waals surface area (Å²) in [5.41, 5.74) is 7.79. The normalized spacial score (nSPS) is 12.7. The minimum atomic E-state index is 0.373. The highest BCUT2D eigenvalue weighted by Gasteiger charge is 2.15. The summed E-state index contributed by atoms with van der Waals surface area (Å²) in [4.78, 5) is 5.02. The van der Waals surface area contributed by atoms with Crippen molar-refractivity contribution >= 4 is 17.2 Å². The van der Waals surface area contributed by atoms with Crippen molar-refractivity contribution in [2.75, 3.05) is 34.3 Å². The molecule has 0 aliphatic rings. The molecule has 1 rings (SSSR count). The van der Waals surface area contributed by atoms with Gasteiger partial charge in [0.2, 0.25) is 0 Å². The first-order valence-electron chi connectivity index (χ1n) is 7.24. The van der Waals surface area contributed by atoms with Crippen LogP contribution in [0.3, 0.4) is 0 Å². The van der Waals surface area contributed by atoms with E-state index in [1.165, 1.54) is 5.56 Å². The highest BCUT2D eigenvalue weighted by atomic mass is 32.1. The van der Waals surface area contributed by atoms with E-state index in [1.54, 1.807) is 7.11 Å². The molecule has 0 saturated carbocycles. The molecule has 2 N–H and O–H groups in total. The lowest BCUT2D eigenvalue weighted by Gasteiger charge is -2.30. The molecule has 0 fully saturated rings. The van der Waals surface area contributed by atoms with Crippen molar-refractivity contribution in [1.29, 1.82) is 0 Å². The van der Waals surface area contributed by atoms with Crippen LogP contribution >= 0.6 is 12.2 Å². The molecule has 0 radical (unpaired) electrons. The Balaban J connectivity index is 2.90. The average molecular weight is 309 g/mol. The number of hydrogen-bond acceptors (Lipinski definition) is 4. The molecular weight excluding hydrogens is 282 g/mol. The van der Waals surface area contributed by atoms with Gasteiger partial charge in [0, 0.05) is 19.1 Å². The summed E-state index contributed by atoms with van der Waals surface area (Å²) in [5, 5.41) is 0. The minimum absolute atomic E-state index is 0.373. The molecule has 5 heteroatoms. The third kappa shape index (κ3) is 5.26. The second-order valence-corrected chi connectivity index (χ2v) is 6.01. The van der Waals surface area contributed by atoms with Crippen molar-refractivity contribution in [1.82, 2.24) is 9.80 Å². The van der Waals surface area contributed by atoms with Crippen LogP contribution < -0.4 is 10.5 Å². The summed E-state index contributed by atoms with van der Waals surface area (Å²) in [6.45, 7) is 7.35. The summed E-state index contributed by atoms with van der Waals surface area (Å²) in [6, 6.07) is 6.53. The maximum Gasteiger partial charge on any atom is 0.129 e. The van der Waals surface area contributed by atoms with Crippen molar-refractivity contribution in [3.8, 4) is 5.75 Å². The molecule has 0 amide bonds. The Morgan fingerprint density at radius 1 is 1.38 bits per heavy atom. The molecule has 1 atom stereocenters. The topological polar surface area (TPSA) is 41.7 Å². The number of methoxy groups -OCH3 is 1. The largest absolute Gasteiger partial charge is 0.496 e. The van der Waals surface area contributed by atoms with Crippen molar-refractivity contribution in [2.45, 2.75) is 26.4 Å². The summed E-state index contributed by atoms with van der Waals surface area (Å²) in [5.74, 6) is 0.732. The van der Waals surface area contributed by atoms with Gasteiger partial charge in [0.15, 0.2) is 0 Å². The maximum atomic E-state index is 5.78. The van der Waals surface area contributed by atoms with Gasteiger partial charge in [-0.2, -0.15) is 0 Å². The van der Waals surface area contributed by atoms with E-state index in [1.807, 2.05) is 12.1 Å². The molecule has 4 nitrogen and oxygen atoms in total. The van der Waals surface area contributed by atoms with Crippen LogP contribution in [0.4, 0.5) is 0 Å². The number of likely N-dealkylation sites (N-methyl/N-ethyl adjacent to an activating group) is 2. The van der Waals surface area contributed by atoms with Crippen molar-refractivity contribution in [2.24, 2.45) is 5.73 Å². The third-order valence-corrected chi connectivity index (χ3v) is 3.79. The molecule has 1 aromatic rings. The van der Waals surface area contributed by atoms with E-state index in [0.717, 1.165) is 30.9 Å². The maximum absolute atomic E-state index is 5.78. The second kappa shape index (κ2) is 8.32. The van der Waals surface area contributed by atoms with Crippen LogP contribution in [0.1, 0.15) is 25.0 Å². The number of nitrogens with two attached hydrogens (primary N) is 1. The van der Waals surface area contributed by atoms with Gasteiger partial charge in [-0.1, -0.05) is 25.2 Å². The fourth-order valence-corrected chi connectivity index (χ4v) is 2.66. The zero-order chi connectivity index (χ0) is 16.0. The van der Waals surface area contributed by atoms with Gasteiger partial charge >= 0.3 is 0 Å². The quantitative estimate of drug-likeness (QED) is 0.745. The van der Waals surface area contributed by atoms with Crippen LogP contribution in [0.15, 0.2) is 18.2 Å². The van der Waals surface area contributed by atoms with Crippen LogP contribution in [0.2, 0.25) is 0 Å². The van der Waals surface area contributed by atoms with Crippen molar-refractivity contribution in [3.63, 3.8) is 0 Å². The van der Waals surface area contributed by atoms with Crippen LogP contribution in [-0.4, -0.2) is 55.1 Å². The van der Waals surface area contributed by atoms with Gasteiger partial charge in [0.05, 0.1) is 12.7 Å². The van der Waals surface area contributed by atoms with Crippen molar-refractivity contribution in [3.05, 3.63) is 29.3 Å². The second-order valence-electron chi connectivity index (χ2n) is 5.57. The van der Waals surface area contributed by atoms with E-state index >= 15 is 0 Å². The zero-order valence-electron chi connectivity index (χ0n) is 13.7. The van der Waals surface area contributed by atoms with E-state index in [-0.39, 0.29) is 0 Å². The van der Waals surface area contributed by atoms with Gasteiger partial charge < -0.3 is 15.4 Å². The molecule has 0 spiro atoms. The van der Waals surface area contributed by atoms with E-state index in [4.69, 9.17) is 22.7 Å². The van der Waals surface area contributed by atoms with Crippen molar-refractivity contribution < 1.29 is 4.74 Å². The van der Waals surface area contributed by atoms with Crippen LogP contribution in [0.25, 0.3) is 0 Å². The Bertz CT molecular complexity index is 477. The fraction of sp³-hybridized carbons (Fsp3) is 0.562. The summed E-state index contributed by atoms with van der Waals surface area (Å²) >= 11 is 5.10. The van der Waals surface area contributed by atoms with Crippen LogP contribution in [-0.2, 0) is 6.54 Å². The smallest absolute Gasteiger partial charge is 0.129 e. The van der Waals surface area contributed by atoms with E-state index in [9.17, 15) is 0 Å². The molecule has 0 aromatic heterocycles. The predicted octanol–water partition coefficient (Wildman–Crippen LogP) is 2.10. The van der Waals surface area contributed by atoms with Crippen LogP contribution in [0.5, 0.6) is 5.75 Å². The van der Waals surface area contributed by atoms with Gasteiger partial charge in [0.25, 0.3) is 0 Å². The first-order valence-corrected chi connectivity index (χ1v) is 7.65. The first-order chi connectivity index (χ1) is 9.88. The summed E-state index contributed by atoms with van der Waals surface area (Å²) in [7, 11) is 5.83. The highest BCUT2D eigenvalue weighted by Crippen LogP contribution is 2.21. The molecule has 0 aliphatic carbocycles. The molecule has 0 bridgehead atoms. The highest BCUT2D eigenvalue weighted by molar-refractivity contribution is 7.80. The van der Waals surface area contributed by atoms with E-state index in [2.05, 4.69) is 43.8 Å². The third-order valence-electron chi connectivity index (χ3n) is 3.57. The number of thiocarbonyl (C=S) groups is 1. The van der Waals surface area contributed by atoms with Gasteiger partial charge in [-0.05, 0) is 45.3 Å². The minimum Gasteiger partial charge on any atom is -0.496 e. The first kappa shape index (κ1) is 17.9. The lowest BCUT2D eigenvalue weighted by Crippen LogP contribution is -2.39. The molecule has 0 heterocycles. The van der Waals surface area contributed by atoms with Gasteiger partial charge in [0.1, 0.15) is 10.7 Å².